The lowest BCUT2D eigenvalue weighted by molar-refractivity contribution is -0.132. The second-order valence-corrected chi connectivity index (χ2v) is 1.92. The lowest BCUT2D eigenvalue weighted by Gasteiger charge is -1.96. The Morgan fingerprint density at radius 2 is 2.38 bits per heavy atom. The van der Waals surface area contributed by atoms with Gasteiger partial charge in [-0.2, -0.15) is 0 Å². The molecule has 0 amide bonds. The SMILES string of the molecule is CC[O][Al][O]C(C)=O. The molecule has 0 aromatic heterocycles. The minimum atomic E-state index is -0.561. The molecule has 0 N–H and O–H groups in total. The number of carbonyl (C=O) groups is 1. The van der Waals surface area contributed by atoms with E-state index < -0.39 is 15.9 Å². The van der Waals surface area contributed by atoms with Crippen molar-refractivity contribution in [3.05, 3.63) is 0 Å². The minimum absolute atomic E-state index is 0.270. The van der Waals surface area contributed by atoms with Gasteiger partial charge in [-0.25, -0.2) is 0 Å². The molecular formula is C4H8AlO3. The molecule has 0 aliphatic carbocycles. The van der Waals surface area contributed by atoms with Crippen LogP contribution >= 0.6 is 0 Å². The summed E-state index contributed by atoms with van der Waals surface area (Å²) in [5.74, 6) is -0.270. The largest absolute Gasteiger partial charge is 0.776 e. The molecule has 0 saturated carbocycles. The van der Waals surface area contributed by atoms with Gasteiger partial charge in [-0.1, -0.05) is 0 Å². The van der Waals surface area contributed by atoms with Crippen LogP contribution in [-0.4, -0.2) is 28.5 Å². The van der Waals surface area contributed by atoms with E-state index in [1.165, 1.54) is 6.92 Å². The van der Waals surface area contributed by atoms with Gasteiger partial charge < -0.3 is 7.58 Å². The predicted molar refractivity (Wildman–Crippen MR) is 29.1 cm³/mol. The summed E-state index contributed by atoms with van der Waals surface area (Å²) in [6.45, 7) is 3.84. The third-order valence-electron chi connectivity index (χ3n) is 0.449. The molecule has 0 atom stereocenters. The number of rotatable bonds is 3. The maximum Gasteiger partial charge on any atom is 0.776 e. The average molecular weight is 131 g/mol. The smallest absolute Gasteiger partial charge is 0.600 e. The van der Waals surface area contributed by atoms with Crippen LogP contribution in [0.15, 0.2) is 0 Å². The van der Waals surface area contributed by atoms with E-state index in [1.54, 1.807) is 0 Å². The average Bonchev–Trinajstić information content (AvgIpc) is 1.66. The van der Waals surface area contributed by atoms with Gasteiger partial charge in [0.2, 0.25) is 0 Å². The fourth-order valence-corrected chi connectivity index (χ4v) is 0.509. The first-order valence-corrected chi connectivity index (χ1v) is 3.32. The molecule has 0 aromatic carbocycles. The summed E-state index contributed by atoms with van der Waals surface area (Å²) >= 11 is -0.561. The zero-order chi connectivity index (χ0) is 6.41. The summed E-state index contributed by atoms with van der Waals surface area (Å²) < 4.78 is 9.29. The molecule has 0 fully saturated rings. The van der Waals surface area contributed by atoms with Crippen LogP contribution in [0.4, 0.5) is 0 Å². The fourth-order valence-electron chi connectivity index (χ4n) is 0.170. The van der Waals surface area contributed by atoms with Gasteiger partial charge in [-0.3, -0.25) is 4.79 Å². The summed E-state index contributed by atoms with van der Waals surface area (Å²) in [5.41, 5.74) is 0. The lowest BCUT2D eigenvalue weighted by atomic mass is 10.9. The van der Waals surface area contributed by atoms with E-state index >= 15 is 0 Å². The number of hydrogen-bond donors (Lipinski definition) is 0. The van der Waals surface area contributed by atoms with Gasteiger partial charge in [0.15, 0.2) is 0 Å². The summed E-state index contributed by atoms with van der Waals surface area (Å²) in [5, 5.41) is 0. The highest BCUT2D eigenvalue weighted by atomic mass is 27.2. The van der Waals surface area contributed by atoms with Gasteiger partial charge in [-0.15, -0.1) is 0 Å². The predicted octanol–water partition coefficient (Wildman–Crippen LogP) is 0.120. The Kier molecular flexibility index (Phi) is 5.08. The highest BCUT2D eigenvalue weighted by molar-refractivity contribution is 6.22. The van der Waals surface area contributed by atoms with Crippen molar-refractivity contribution in [1.82, 2.24) is 0 Å². The Morgan fingerprint density at radius 1 is 1.75 bits per heavy atom. The first kappa shape index (κ1) is 7.96. The Bertz CT molecular complexity index is 73.7. The zero-order valence-electron chi connectivity index (χ0n) is 5.01. The molecule has 0 saturated heterocycles. The quantitative estimate of drug-likeness (QED) is 0.403. The fraction of sp³-hybridized carbons (Fsp3) is 0.750. The molecule has 4 heteroatoms. The van der Waals surface area contributed by atoms with Crippen molar-refractivity contribution in [2.45, 2.75) is 13.8 Å². The van der Waals surface area contributed by atoms with Crippen LogP contribution in [0.1, 0.15) is 13.8 Å². The van der Waals surface area contributed by atoms with E-state index in [0.29, 0.717) is 6.61 Å². The van der Waals surface area contributed by atoms with E-state index in [0.717, 1.165) is 0 Å². The van der Waals surface area contributed by atoms with Gasteiger partial charge in [0.25, 0.3) is 5.97 Å². The summed E-state index contributed by atoms with van der Waals surface area (Å²) in [4.78, 5) is 10.0. The zero-order valence-corrected chi connectivity index (χ0v) is 6.16. The molecule has 45 valence electrons. The third-order valence-corrected chi connectivity index (χ3v) is 1.35. The molecule has 0 aromatic rings. The highest BCUT2D eigenvalue weighted by Gasteiger charge is 1.98. The van der Waals surface area contributed by atoms with Crippen LogP contribution in [0.2, 0.25) is 0 Å². The van der Waals surface area contributed by atoms with Crippen molar-refractivity contribution in [3.63, 3.8) is 0 Å². The highest BCUT2D eigenvalue weighted by Crippen LogP contribution is 1.73. The van der Waals surface area contributed by atoms with Crippen molar-refractivity contribution in [2.24, 2.45) is 0 Å². The van der Waals surface area contributed by atoms with Crippen molar-refractivity contribution < 1.29 is 12.4 Å². The van der Waals surface area contributed by atoms with Gasteiger partial charge in [0, 0.05) is 13.5 Å². The van der Waals surface area contributed by atoms with Gasteiger partial charge in [0.1, 0.15) is 0 Å². The van der Waals surface area contributed by atoms with Crippen molar-refractivity contribution in [1.29, 1.82) is 0 Å². The van der Waals surface area contributed by atoms with Crippen molar-refractivity contribution in [3.8, 4) is 0 Å². The Morgan fingerprint density at radius 3 is 2.75 bits per heavy atom. The second-order valence-electron chi connectivity index (χ2n) is 1.16. The van der Waals surface area contributed by atoms with E-state index in [9.17, 15) is 4.79 Å². The van der Waals surface area contributed by atoms with Crippen LogP contribution in [-0.2, 0) is 12.4 Å². The molecule has 8 heavy (non-hydrogen) atoms. The molecular weight excluding hydrogens is 123 g/mol. The molecule has 0 spiro atoms. The summed E-state index contributed by atoms with van der Waals surface area (Å²) in [6, 6.07) is 0. The maximum absolute atomic E-state index is 10.0. The van der Waals surface area contributed by atoms with Crippen LogP contribution < -0.4 is 0 Å². The Labute approximate surface area is 55.4 Å². The molecule has 0 bridgehead atoms. The maximum atomic E-state index is 10.0. The Hall–Kier alpha value is -0.0375. The normalized spacial score (nSPS) is 8.25. The van der Waals surface area contributed by atoms with Crippen LogP contribution in [0, 0.1) is 0 Å². The molecule has 0 heterocycles. The van der Waals surface area contributed by atoms with Crippen LogP contribution in [0.5, 0.6) is 0 Å². The lowest BCUT2D eigenvalue weighted by Crippen LogP contribution is -2.07. The standard InChI is InChI=1S/C2H4O2.C2H5O.Al/c1-2(3)4;1-2-3;/h1H3,(H,3,4);2H2,1H3;/q;-1;+2/p-1. The topological polar surface area (TPSA) is 35.5 Å². The third kappa shape index (κ3) is 5.96. The second kappa shape index (κ2) is 5.11. The first-order chi connectivity index (χ1) is 3.77. The van der Waals surface area contributed by atoms with Crippen molar-refractivity contribution in [2.75, 3.05) is 6.61 Å². The van der Waals surface area contributed by atoms with E-state index in [-0.39, 0.29) is 5.97 Å². The molecule has 0 rings (SSSR count). The summed E-state index contributed by atoms with van der Waals surface area (Å²) in [6.07, 6.45) is 0. The molecule has 0 aliphatic rings. The monoisotopic (exact) mass is 131 g/mol. The van der Waals surface area contributed by atoms with E-state index in [4.69, 9.17) is 3.79 Å². The molecule has 3 nitrogen and oxygen atoms in total. The first-order valence-electron chi connectivity index (χ1n) is 2.38. The van der Waals surface area contributed by atoms with Crippen LogP contribution in [0.25, 0.3) is 0 Å². The molecule has 0 unspecified atom stereocenters. The van der Waals surface area contributed by atoms with Crippen LogP contribution in [0.3, 0.4) is 0 Å². The van der Waals surface area contributed by atoms with E-state index in [1.807, 2.05) is 6.92 Å². The molecule has 0 aliphatic heterocycles. The summed E-state index contributed by atoms with van der Waals surface area (Å²) in [7, 11) is 0. The number of hydrogen-bond acceptors (Lipinski definition) is 3. The van der Waals surface area contributed by atoms with Crippen molar-refractivity contribution >= 4 is 21.9 Å². The molecule has 1 radical (unpaired) electrons. The minimum Gasteiger partial charge on any atom is -0.600 e. The Balaban J connectivity index is 2.82. The van der Waals surface area contributed by atoms with E-state index in [2.05, 4.69) is 3.79 Å². The number of carbonyl (C=O) groups excluding carboxylic acids is 1. The van der Waals surface area contributed by atoms with Gasteiger partial charge in [0.05, 0.1) is 0 Å². The van der Waals surface area contributed by atoms with Gasteiger partial charge in [-0.05, 0) is 6.92 Å². The van der Waals surface area contributed by atoms with Gasteiger partial charge >= 0.3 is 15.9 Å².